The zero-order valence-electron chi connectivity index (χ0n) is 14.8. The molecule has 0 bridgehead atoms. The molecule has 2 aromatic rings. The van der Waals surface area contributed by atoms with Crippen molar-refractivity contribution in [2.75, 3.05) is 0 Å². The van der Waals surface area contributed by atoms with Gasteiger partial charge in [0.1, 0.15) is 5.75 Å². The van der Waals surface area contributed by atoms with Crippen molar-refractivity contribution < 1.29 is 9.66 Å². The largest absolute Gasteiger partial charge is 0.464 e. The molecule has 0 radical (unpaired) electrons. The Morgan fingerprint density at radius 1 is 1.23 bits per heavy atom. The molecular formula is C20H21N3O3. The van der Waals surface area contributed by atoms with Crippen LogP contribution in [0.2, 0.25) is 0 Å². The zero-order valence-corrected chi connectivity index (χ0v) is 14.8. The third-order valence-corrected chi connectivity index (χ3v) is 4.80. The number of nitrogens with zero attached hydrogens (tertiary/aromatic N) is 3. The molecule has 4 rings (SSSR count). The Morgan fingerprint density at radius 3 is 2.65 bits per heavy atom. The predicted octanol–water partition coefficient (Wildman–Crippen LogP) is 4.83. The Hall–Kier alpha value is -2.89. The van der Waals surface area contributed by atoms with Gasteiger partial charge in [0.05, 0.1) is 11.0 Å². The summed E-state index contributed by atoms with van der Waals surface area (Å²) in [7, 11) is 0. The highest BCUT2D eigenvalue weighted by molar-refractivity contribution is 5.86. The summed E-state index contributed by atoms with van der Waals surface area (Å²) in [4.78, 5) is 10.5. The second-order valence-corrected chi connectivity index (χ2v) is 7.22. The van der Waals surface area contributed by atoms with E-state index in [1.54, 1.807) is 12.1 Å². The molecule has 2 unspecified atom stereocenters. The fraction of sp³-hybridized carbons (Fsp3) is 0.350. The molecule has 26 heavy (non-hydrogen) atoms. The van der Waals surface area contributed by atoms with Gasteiger partial charge in [-0.1, -0.05) is 32.0 Å². The lowest BCUT2D eigenvalue weighted by atomic mass is 9.95. The van der Waals surface area contributed by atoms with E-state index in [-0.39, 0.29) is 18.0 Å². The summed E-state index contributed by atoms with van der Waals surface area (Å²) in [6, 6.07) is 14.7. The first-order valence-corrected chi connectivity index (χ1v) is 8.87. The average Bonchev–Trinajstić information content (AvgIpc) is 3.04. The minimum Gasteiger partial charge on any atom is -0.464 e. The van der Waals surface area contributed by atoms with Crippen LogP contribution in [-0.2, 0) is 0 Å². The lowest BCUT2D eigenvalue weighted by Crippen LogP contribution is -2.33. The average molecular weight is 351 g/mol. The minimum absolute atomic E-state index is 0.0759. The van der Waals surface area contributed by atoms with Gasteiger partial charge in [-0.3, -0.25) is 10.1 Å². The number of fused-ring (bicyclic) bond motifs is 3. The van der Waals surface area contributed by atoms with Crippen LogP contribution in [0.15, 0.2) is 53.6 Å². The topological polar surface area (TPSA) is 68.0 Å². The van der Waals surface area contributed by atoms with Crippen LogP contribution in [-0.4, -0.2) is 15.6 Å². The number of benzene rings is 2. The molecule has 6 heteroatoms. The van der Waals surface area contributed by atoms with Crippen LogP contribution in [0.25, 0.3) is 0 Å². The number of non-ortho nitro benzene ring substituents is 1. The summed E-state index contributed by atoms with van der Waals surface area (Å²) in [5.74, 6) is 1.40. The highest BCUT2D eigenvalue weighted by Crippen LogP contribution is 2.47. The molecule has 2 aliphatic rings. The molecule has 134 valence electrons. The number of ether oxygens (including phenoxy) is 1. The van der Waals surface area contributed by atoms with Gasteiger partial charge >= 0.3 is 0 Å². The fourth-order valence-corrected chi connectivity index (χ4v) is 3.67. The Labute approximate surface area is 152 Å². The number of nitro benzene ring substituents is 1. The van der Waals surface area contributed by atoms with Crippen LogP contribution in [0.5, 0.6) is 5.75 Å². The second-order valence-electron chi connectivity index (χ2n) is 7.22. The highest BCUT2D eigenvalue weighted by atomic mass is 16.6. The number of hydrazone groups is 1. The van der Waals surface area contributed by atoms with E-state index in [4.69, 9.17) is 9.84 Å². The van der Waals surface area contributed by atoms with Gasteiger partial charge in [-0.2, -0.15) is 5.10 Å². The lowest BCUT2D eigenvalue weighted by Gasteiger charge is -2.38. The van der Waals surface area contributed by atoms with Crippen LogP contribution < -0.4 is 4.74 Å². The normalized spacial score (nSPS) is 21.0. The highest BCUT2D eigenvalue weighted by Gasteiger charge is 2.40. The first-order chi connectivity index (χ1) is 12.5. The van der Waals surface area contributed by atoms with Crippen LogP contribution in [0.4, 0.5) is 5.69 Å². The molecule has 0 saturated carbocycles. The Bertz CT molecular complexity index is 861. The molecule has 0 spiro atoms. The molecule has 0 fully saturated rings. The van der Waals surface area contributed by atoms with Crippen LogP contribution >= 0.6 is 0 Å². The van der Waals surface area contributed by atoms with Crippen molar-refractivity contribution in [3.05, 3.63) is 69.8 Å². The van der Waals surface area contributed by atoms with Crippen molar-refractivity contribution in [2.24, 2.45) is 11.0 Å². The molecule has 2 aliphatic heterocycles. The summed E-state index contributed by atoms with van der Waals surface area (Å²) in [6.45, 7) is 4.39. The summed E-state index contributed by atoms with van der Waals surface area (Å²) in [5, 5.41) is 17.8. The molecule has 0 aromatic heterocycles. The summed E-state index contributed by atoms with van der Waals surface area (Å²) >= 11 is 0. The van der Waals surface area contributed by atoms with Gasteiger partial charge in [0.2, 0.25) is 6.23 Å². The maximum Gasteiger partial charge on any atom is 0.269 e. The van der Waals surface area contributed by atoms with E-state index in [1.165, 1.54) is 17.8 Å². The van der Waals surface area contributed by atoms with Crippen molar-refractivity contribution in [1.29, 1.82) is 0 Å². The van der Waals surface area contributed by atoms with Gasteiger partial charge in [0.25, 0.3) is 5.69 Å². The maximum atomic E-state index is 10.9. The molecule has 2 aromatic carbocycles. The van der Waals surface area contributed by atoms with E-state index in [1.807, 2.05) is 23.2 Å². The molecule has 0 saturated heterocycles. The first kappa shape index (κ1) is 16.6. The molecule has 2 heterocycles. The van der Waals surface area contributed by atoms with E-state index in [0.717, 1.165) is 29.7 Å². The molecule has 6 nitrogen and oxygen atoms in total. The Morgan fingerprint density at radius 2 is 1.96 bits per heavy atom. The smallest absolute Gasteiger partial charge is 0.269 e. The molecule has 2 atom stereocenters. The van der Waals surface area contributed by atoms with Crippen molar-refractivity contribution in [3.8, 4) is 5.75 Å². The zero-order chi connectivity index (χ0) is 18.3. The van der Waals surface area contributed by atoms with E-state index < -0.39 is 4.92 Å². The fourth-order valence-electron chi connectivity index (χ4n) is 3.67. The summed E-state index contributed by atoms with van der Waals surface area (Å²) in [5.41, 5.74) is 3.27. The van der Waals surface area contributed by atoms with Gasteiger partial charge in [-0.05, 0) is 30.5 Å². The predicted molar refractivity (Wildman–Crippen MR) is 99.0 cm³/mol. The second kappa shape index (κ2) is 6.44. The number of para-hydroxylation sites is 1. The van der Waals surface area contributed by atoms with Gasteiger partial charge in [0.15, 0.2) is 0 Å². The third-order valence-electron chi connectivity index (χ3n) is 4.80. The van der Waals surface area contributed by atoms with Gasteiger partial charge in [-0.25, -0.2) is 5.01 Å². The Kier molecular flexibility index (Phi) is 4.11. The molecular weight excluding hydrogens is 330 g/mol. The van der Waals surface area contributed by atoms with Crippen LogP contribution in [0.1, 0.15) is 50.1 Å². The summed E-state index contributed by atoms with van der Waals surface area (Å²) < 4.78 is 6.23. The molecule has 0 aliphatic carbocycles. The minimum atomic E-state index is -0.391. The molecule has 0 N–H and O–H groups in total. The van der Waals surface area contributed by atoms with Crippen molar-refractivity contribution in [3.63, 3.8) is 0 Å². The van der Waals surface area contributed by atoms with Crippen LogP contribution in [0, 0.1) is 16.0 Å². The van der Waals surface area contributed by atoms with Crippen molar-refractivity contribution in [1.82, 2.24) is 5.01 Å². The third kappa shape index (κ3) is 2.92. The standard InChI is InChI=1S/C20H21N3O3/c1-13(2)11-15-12-18-17-5-3-4-6-19(17)26-20(22(18)21-15)14-7-9-16(10-8-14)23(24)25/h3-10,13,18,20H,11-12H2,1-2H3. The summed E-state index contributed by atoms with van der Waals surface area (Å²) in [6.07, 6.45) is 1.48. The van der Waals surface area contributed by atoms with Crippen molar-refractivity contribution >= 4 is 11.4 Å². The van der Waals surface area contributed by atoms with Crippen LogP contribution in [0.3, 0.4) is 0 Å². The van der Waals surface area contributed by atoms with Gasteiger partial charge < -0.3 is 4.74 Å². The molecule has 0 amide bonds. The maximum absolute atomic E-state index is 10.9. The monoisotopic (exact) mass is 351 g/mol. The quantitative estimate of drug-likeness (QED) is 0.584. The first-order valence-electron chi connectivity index (χ1n) is 8.87. The number of rotatable bonds is 4. The number of nitro groups is 1. The Balaban J connectivity index is 1.71. The van der Waals surface area contributed by atoms with E-state index in [9.17, 15) is 10.1 Å². The van der Waals surface area contributed by atoms with Gasteiger partial charge in [-0.15, -0.1) is 0 Å². The van der Waals surface area contributed by atoms with Gasteiger partial charge in [0, 0.05) is 35.4 Å². The number of hydrogen-bond donors (Lipinski definition) is 0. The van der Waals surface area contributed by atoms with E-state index in [2.05, 4.69) is 19.9 Å². The lowest BCUT2D eigenvalue weighted by molar-refractivity contribution is -0.384. The number of hydrogen-bond acceptors (Lipinski definition) is 5. The SMILES string of the molecule is CC(C)CC1=NN2C(C1)c1ccccc1OC2c1ccc([N+](=O)[O-])cc1. The van der Waals surface area contributed by atoms with E-state index in [0.29, 0.717) is 5.92 Å². The van der Waals surface area contributed by atoms with Crippen molar-refractivity contribution in [2.45, 2.75) is 39.0 Å². The van der Waals surface area contributed by atoms with E-state index >= 15 is 0 Å².